The zero-order chi connectivity index (χ0) is 13.1. The van der Waals surface area contributed by atoms with E-state index in [1.807, 2.05) is 18.0 Å². The number of rotatable bonds is 5. The molecule has 98 valence electrons. The molecule has 4 nitrogen and oxygen atoms in total. The second-order valence-electron chi connectivity index (χ2n) is 4.96. The van der Waals surface area contributed by atoms with Crippen molar-refractivity contribution >= 4 is 5.97 Å². The highest BCUT2D eigenvalue weighted by molar-refractivity contribution is 5.66. The standard InChI is InChI=1S/C14H19NO3/c1-10-3-4-13-11(7-10)8-12(18-13)9-15(2)6-5-14(16)17/h3-4,7,12H,5-6,8-9H2,1-2H3,(H,16,17). The lowest BCUT2D eigenvalue weighted by Crippen LogP contribution is -2.33. The first-order valence-electron chi connectivity index (χ1n) is 6.21. The fraction of sp³-hybridized carbons (Fsp3) is 0.500. The van der Waals surface area contributed by atoms with Gasteiger partial charge >= 0.3 is 5.97 Å². The minimum absolute atomic E-state index is 0.139. The van der Waals surface area contributed by atoms with Gasteiger partial charge in [0, 0.05) is 19.5 Å². The summed E-state index contributed by atoms with van der Waals surface area (Å²) in [6.45, 7) is 3.40. The average Bonchev–Trinajstić information content (AvgIpc) is 2.67. The van der Waals surface area contributed by atoms with Gasteiger partial charge in [-0.3, -0.25) is 4.79 Å². The average molecular weight is 249 g/mol. The largest absolute Gasteiger partial charge is 0.488 e. The lowest BCUT2D eigenvalue weighted by molar-refractivity contribution is -0.137. The van der Waals surface area contributed by atoms with E-state index in [1.54, 1.807) is 0 Å². The molecular weight excluding hydrogens is 230 g/mol. The van der Waals surface area contributed by atoms with Crippen LogP contribution in [0.3, 0.4) is 0 Å². The fourth-order valence-corrected chi connectivity index (χ4v) is 2.28. The smallest absolute Gasteiger partial charge is 0.304 e. The van der Waals surface area contributed by atoms with Crippen molar-refractivity contribution in [2.45, 2.75) is 25.9 Å². The van der Waals surface area contributed by atoms with Gasteiger partial charge in [0.25, 0.3) is 0 Å². The quantitative estimate of drug-likeness (QED) is 0.863. The van der Waals surface area contributed by atoms with E-state index in [-0.39, 0.29) is 12.5 Å². The monoisotopic (exact) mass is 249 g/mol. The van der Waals surface area contributed by atoms with Crippen LogP contribution in [0, 0.1) is 6.92 Å². The number of aliphatic carboxylic acids is 1. The van der Waals surface area contributed by atoms with Crippen LogP contribution < -0.4 is 4.74 Å². The van der Waals surface area contributed by atoms with Gasteiger partial charge in [-0.1, -0.05) is 17.7 Å². The van der Waals surface area contributed by atoms with Crippen molar-refractivity contribution in [3.05, 3.63) is 29.3 Å². The van der Waals surface area contributed by atoms with Crippen molar-refractivity contribution in [1.82, 2.24) is 4.90 Å². The molecule has 0 amide bonds. The predicted octanol–water partition coefficient (Wildman–Crippen LogP) is 1.71. The first kappa shape index (κ1) is 12.9. The summed E-state index contributed by atoms with van der Waals surface area (Å²) in [6, 6.07) is 6.23. The number of nitrogens with zero attached hydrogens (tertiary/aromatic N) is 1. The van der Waals surface area contributed by atoms with Gasteiger partial charge in [0.15, 0.2) is 0 Å². The third-order valence-corrected chi connectivity index (χ3v) is 3.18. The summed E-state index contributed by atoms with van der Waals surface area (Å²) in [5.41, 5.74) is 2.50. The highest BCUT2D eigenvalue weighted by Gasteiger charge is 2.23. The van der Waals surface area contributed by atoms with Crippen molar-refractivity contribution in [2.24, 2.45) is 0 Å². The van der Waals surface area contributed by atoms with Crippen molar-refractivity contribution < 1.29 is 14.6 Å². The topological polar surface area (TPSA) is 49.8 Å². The molecule has 4 heteroatoms. The van der Waals surface area contributed by atoms with Crippen molar-refractivity contribution in [1.29, 1.82) is 0 Å². The summed E-state index contributed by atoms with van der Waals surface area (Å²) in [6.07, 6.45) is 1.23. The molecule has 0 fully saturated rings. The van der Waals surface area contributed by atoms with Crippen LogP contribution in [0.1, 0.15) is 17.5 Å². The number of carboxylic acids is 1. The van der Waals surface area contributed by atoms with Crippen LogP contribution in [-0.4, -0.2) is 42.2 Å². The molecule has 2 rings (SSSR count). The molecule has 0 radical (unpaired) electrons. The van der Waals surface area contributed by atoms with E-state index >= 15 is 0 Å². The van der Waals surface area contributed by atoms with Crippen LogP contribution in [0.5, 0.6) is 5.75 Å². The van der Waals surface area contributed by atoms with E-state index in [4.69, 9.17) is 9.84 Å². The minimum Gasteiger partial charge on any atom is -0.488 e. The van der Waals surface area contributed by atoms with Gasteiger partial charge in [-0.25, -0.2) is 0 Å². The molecule has 1 aliphatic heterocycles. The van der Waals surface area contributed by atoms with E-state index < -0.39 is 5.97 Å². The predicted molar refractivity (Wildman–Crippen MR) is 69.0 cm³/mol. The Bertz CT molecular complexity index is 445. The van der Waals surface area contributed by atoms with Crippen molar-refractivity contribution in [3.8, 4) is 5.75 Å². The van der Waals surface area contributed by atoms with Gasteiger partial charge in [0.1, 0.15) is 11.9 Å². The zero-order valence-electron chi connectivity index (χ0n) is 10.8. The Hall–Kier alpha value is -1.55. The lowest BCUT2D eigenvalue weighted by Gasteiger charge is -2.19. The van der Waals surface area contributed by atoms with Crippen molar-refractivity contribution in [3.63, 3.8) is 0 Å². The number of hydrogen-bond donors (Lipinski definition) is 1. The molecule has 1 N–H and O–H groups in total. The van der Waals surface area contributed by atoms with Gasteiger partial charge in [-0.05, 0) is 25.6 Å². The number of hydrogen-bond acceptors (Lipinski definition) is 3. The van der Waals surface area contributed by atoms with E-state index in [0.29, 0.717) is 6.54 Å². The van der Waals surface area contributed by atoms with Crippen LogP contribution in [0.25, 0.3) is 0 Å². The van der Waals surface area contributed by atoms with Crippen LogP contribution in [0.4, 0.5) is 0 Å². The summed E-state index contributed by atoms with van der Waals surface area (Å²) in [5.74, 6) is 0.213. The highest BCUT2D eigenvalue weighted by atomic mass is 16.5. The molecule has 18 heavy (non-hydrogen) atoms. The Morgan fingerprint density at radius 3 is 3.06 bits per heavy atom. The third-order valence-electron chi connectivity index (χ3n) is 3.18. The molecule has 0 saturated carbocycles. The third kappa shape index (κ3) is 3.23. The molecule has 0 aromatic heterocycles. The van der Waals surface area contributed by atoms with Gasteiger partial charge < -0.3 is 14.7 Å². The summed E-state index contributed by atoms with van der Waals surface area (Å²) in [4.78, 5) is 12.5. The molecule has 1 aromatic carbocycles. The minimum atomic E-state index is -0.756. The second-order valence-corrected chi connectivity index (χ2v) is 4.96. The number of ether oxygens (including phenoxy) is 1. The SMILES string of the molecule is Cc1ccc2c(c1)CC(CN(C)CCC(=O)O)O2. The summed E-state index contributed by atoms with van der Waals surface area (Å²) in [5, 5.41) is 8.64. The molecule has 0 aliphatic carbocycles. The Balaban J connectivity index is 1.85. The highest BCUT2D eigenvalue weighted by Crippen LogP contribution is 2.29. The first-order valence-corrected chi connectivity index (χ1v) is 6.21. The van der Waals surface area contributed by atoms with Gasteiger partial charge in [-0.15, -0.1) is 0 Å². The Labute approximate surface area is 107 Å². The molecule has 0 saturated heterocycles. The molecule has 0 spiro atoms. The van der Waals surface area contributed by atoms with E-state index in [0.717, 1.165) is 18.7 Å². The summed E-state index contributed by atoms with van der Waals surface area (Å²) < 4.78 is 5.85. The number of aryl methyl sites for hydroxylation is 1. The van der Waals surface area contributed by atoms with Gasteiger partial charge in [-0.2, -0.15) is 0 Å². The summed E-state index contributed by atoms with van der Waals surface area (Å²) in [7, 11) is 1.93. The van der Waals surface area contributed by atoms with Crippen LogP contribution in [-0.2, 0) is 11.2 Å². The molecule has 1 atom stereocenters. The Morgan fingerprint density at radius 2 is 2.33 bits per heavy atom. The molecule has 1 aromatic rings. The van der Waals surface area contributed by atoms with Crippen LogP contribution in [0.15, 0.2) is 18.2 Å². The molecule has 1 aliphatic rings. The molecule has 1 heterocycles. The maximum Gasteiger partial charge on any atom is 0.304 e. The number of likely N-dealkylation sites (N-methyl/N-ethyl adjacent to an activating group) is 1. The molecule has 1 unspecified atom stereocenters. The summed E-state index contributed by atoms with van der Waals surface area (Å²) >= 11 is 0. The van der Waals surface area contributed by atoms with Gasteiger partial charge in [0.05, 0.1) is 6.42 Å². The normalized spacial score (nSPS) is 17.6. The molecular formula is C14H19NO3. The lowest BCUT2D eigenvalue weighted by atomic mass is 10.1. The van der Waals surface area contributed by atoms with Crippen molar-refractivity contribution in [2.75, 3.05) is 20.1 Å². The second kappa shape index (κ2) is 5.40. The van der Waals surface area contributed by atoms with E-state index in [1.165, 1.54) is 11.1 Å². The maximum absolute atomic E-state index is 10.5. The van der Waals surface area contributed by atoms with E-state index in [2.05, 4.69) is 19.1 Å². The number of benzene rings is 1. The number of carboxylic acid groups (broad SMARTS) is 1. The van der Waals surface area contributed by atoms with Crippen LogP contribution >= 0.6 is 0 Å². The Kier molecular flexibility index (Phi) is 3.87. The maximum atomic E-state index is 10.5. The molecule has 0 bridgehead atoms. The number of carbonyl (C=O) groups is 1. The number of fused-ring (bicyclic) bond motifs is 1. The Morgan fingerprint density at radius 1 is 1.56 bits per heavy atom. The van der Waals surface area contributed by atoms with Crippen LogP contribution in [0.2, 0.25) is 0 Å². The van der Waals surface area contributed by atoms with Gasteiger partial charge in [0.2, 0.25) is 0 Å². The fourth-order valence-electron chi connectivity index (χ4n) is 2.28. The zero-order valence-corrected chi connectivity index (χ0v) is 10.8. The first-order chi connectivity index (χ1) is 8.54. The van der Waals surface area contributed by atoms with E-state index in [9.17, 15) is 4.79 Å².